The molecule has 0 bridgehead atoms. The van der Waals surface area contributed by atoms with Crippen LogP contribution in [-0.2, 0) is 13.0 Å². The van der Waals surface area contributed by atoms with Crippen molar-refractivity contribution in [2.75, 3.05) is 11.9 Å². The Morgan fingerprint density at radius 1 is 1.14 bits per heavy atom. The second-order valence-electron chi connectivity index (χ2n) is 5.03. The number of imidazole rings is 1. The van der Waals surface area contributed by atoms with Gasteiger partial charge in [0.25, 0.3) is 0 Å². The zero-order valence-electron chi connectivity index (χ0n) is 12.3. The summed E-state index contributed by atoms with van der Waals surface area (Å²) in [5.74, 6) is 1.15. The number of anilines is 1. The molecular weight excluding hydrogens is 260 g/mol. The van der Waals surface area contributed by atoms with Gasteiger partial charge in [-0.3, -0.25) is 4.98 Å². The number of nitrogens with one attached hydrogen (secondary N) is 1. The maximum atomic E-state index is 4.70. The molecule has 1 aromatic carbocycles. The van der Waals surface area contributed by atoms with E-state index in [1.807, 2.05) is 36.7 Å². The van der Waals surface area contributed by atoms with E-state index in [1.54, 1.807) is 0 Å². The molecule has 0 amide bonds. The van der Waals surface area contributed by atoms with Gasteiger partial charge in [-0.05, 0) is 31.5 Å². The molecule has 1 N–H and O–H groups in total. The van der Waals surface area contributed by atoms with E-state index in [0.717, 1.165) is 37.3 Å². The van der Waals surface area contributed by atoms with Crippen LogP contribution in [0.3, 0.4) is 0 Å². The van der Waals surface area contributed by atoms with E-state index >= 15 is 0 Å². The molecule has 0 unspecified atom stereocenters. The Bertz CT molecular complexity index is 703. The summed E-state index contributed by atoms with van der Waals surface area (Å²) in [6.07, 6.45) is 5.71. The number of nitrogens with zero attached hydrogens (tertiary/aromatic N) is 3. The van der Waals surface area contributed by atoms with Crippen LogP contribution in [-0.4, -0.2) is 21.1 Å². The van der Waals surface area contributed by atoms with E-state index in [9.17, 15) is 0 Å². The number of aryl methyl sites for hydroxylation is 2. The fourth-order valence-electron chi connectivity index (χ4n) is 2.61. The molecule has 0 aliphatic heterocycles. The minimum atomic E-state index is 0.946. The van der Waals surface area contributed by atoms with Gasteiger partial charge in [-0.25, -0.2) is 4.98 Å². The summed E-state index contributed by atoms with van der Waals surface area (Å²) in [4.78, 5) is 8.85. The first-order chi connectivity index (χ1) is 10.4. The van der Waals surface area contributed by atoms with Crippen LogP contribution in [0.4, 0.5) is 5.69 Å². The first-order valence-corrected chi connectivity index (χ1v) is 7.46. The third-order valence-electron chi connectivity index (χ3n) is 3.63. The van der Waals surface area contributed by atoms with Gasteiger partial charge in [-0.2, -0.15) is 0 Å². The fourth-order valence-corrected chi connectivity index (χ4v) is 2.61. The topological polar surface area (TPSA) is 42.7 Å². The average molecular weight is 280 g/mol. The van der Waals surface area contributed by atoms with Crippen molar-refractivity contribution in [1.29, 1.82) is 0 Å². The Hall–Kier alpha value is -2.36. The molecule has 108 valence electrons. The molecule has 0 fully saturated rings. The largest absolute Gasteiger partial charge is 0.385 e. The van der Waals surface area contributed by atoms with Crippen LogP contribution < -0.4 is 5.32 Å². The minimum absolute atomic E-state index is 0.946. The lowest BCUT2D eigenvalue weighted by molar-refractivity contribution is 0.692. The number of pyridine rings is 1. The van der Waals surface area contributed by atoms with Gasteiger partial charge < -0.3 is 9.88 Å². The number of rotatable bonds is 6. The van der Waals surface area contributed by atoms with Crippen molar-refractivity contribution in [2.24, 2.45) is 0 Å². The van der Waals surface area contributed by atoms with Crippen molar-refractivity contribution in [2.45, 2.75) is 26.3 Å². The summed E-state index contributed by atoms with van der Waals surface area (Å²) in [7, 11) is 0. The molecule has 0 spiro atoms. The zero-order valence-corrected chi connectivity index (χ0v) is 12.3. The molecule has 21 heavy (non-hydrogen) atoms. The number of fused-ring (bicyclic) bond motifs is 1. The Morgan fingerprint density at radius 2 is 2.00 bits per heavy atom. The molecule has 4 heteroatoms. The van der Waals surface area contributed by atoms with Crippen LogP contribution in [0.25, 0.3) is 11.0 Å². The highest BCUT2D eigenvalue weighted by atomic mass is 15.1. The lowest BCUT2D eigenvalue weighted by Gasteiger charge is -2.07. The van der Waals surface area contributed by atoms with E-state index in [1.165, 1.54) is 11.2 Å². The van der Waals surface area contributed by atoms with Crippen LogP contribution in [0.1, 0.15) is 19.2 Å². The Morgan fingerprint density at radius 3 is 2.81 bits per heavy atom. The standard InChI is InChI=1S/C17H20N4/c1-2-21-16-10-12-18-13-15(16)20-17(21)9-6-11-19-14-7-4-3-5-8-14/h3-5,7-8,10,12-13,19H,2,6,9,11H2,1H3. The zero-order chi connectivity index (χ0) is 14.5. The molecule has 0 aliphatic carbocycles. The van der Waals surface area contributed by atoms with Gasteiger partial charge in [-0.15, -0.1) is 0 Å². The van der Waals surface area contributed by atoms with Gasteiger partial charge in [0, 0.05) is 31.4 Å². The highest BCUT2D eigenvalue weighted by molar-refractivity contribution is 5.74. The van der Waals surface area contributed by atoms with Crippen molar-refractivity contribution in [3.63, 3.8) is 0 Å². The number of aromatic nitrogens is 3. The van der Waals surface area contributed by atoms with Crippen molar-refractivity contribution in [3.8, 4) is 0 Å². The predicted octanol–water partition coefficient (Wildman–Crippen LogP) is 3.50. The molecule has 0 radical (unpaired) electrons. The van der Waals surface area contributed by atoms with E-state index in [0.29, 0.717) is 0 Å². The highest BCUT2D eigenvalue weighted by Gasteiger charge is 2.08. The third kappa shape index (κ3) is 3.05. The molecule has 0 saturated heterocycles. The van der Waals surface area contributed by atoms with E-state index < -0.39 is 0 Å². The summed E-state index contributed by atoms with van der Waals surface area (Å²) in [5.41, 5.74) is 3.34. The lowest BCUT2D eigenvalue weighted by Crippen LogP contribution is -2.07. The molecular formula is C17H20N4. The van der Waals surface area contributed by atoms with Crippen molar-refractivity contribution < 1.29 is 0 Å². The minimum Gasteiger partial charge on any atom is -0.385 e. The summed E-state index contributed by atoms with van der Waals surface area (Å²) < 4.78 is 2.28. The van der Waals surface area contributed by atoms with Crippen molar-refractivity contribution in [3.05, 3.63) is 54.6 Å². The van der Waals surface area contributed by atoms with Gasteiger partial charge in [-0.1, -0.05) is 18.2 Å². The summed E-state index contributed by atoms with van der Waals surface area (Å²) >= 11 is 0. The van der Waals surface area contributed by atoms with E-state index in [2.05, 4.69) is 33.9 Å². The molecule has 4 nitrogen and oxygen atoms in total. The number of hydrogen-bond donors (Lipinski definition) is 1. The van der Waals surface area contributed by atoms with Crippen LogP contribution in [0.15, 0.2) is 48.8 Å². The number of para-hydroxylation sites is 1. The monoisotopic (exact) mass is 280 g/mol. The molecule has 3 rings (SSSR count). The van der Waals surface area contributed by atoms with Crippen LogP contribution in [0.5, 0.6) is 0 Å². The average Bonchev–Trinajstić information content (AvgIpc) is 2.90. The first kappa shape index (κ1) is 13.6. The fraction of sp³-hybridized carbons (Fsp3) is 0.294. The number of hydrogen-bond acceptors (Lipinski definition) is 3. The van der Waals surface area contributed by atoms with Crippen LogP contribution in [0, 0.1) is 0 Å². The molecule has 0 saturated carbocycles. The summed E-state index contributed by atoms with van der Waals surface area (Å²) in [6, 6.07) is 12.3. The quantitative estimate of drug-likeness (QED) is 0.703. The molecule has 2 heterocycles. The Balaban J connectivity index is 1.63. The van der Waals surface area contributed by atoms with E-state index in [4.69, 9.17) is 4.98 Å². The molecule has 2 aromatic heterocycles. The predicted molar refractivity (Wildman–Crippen MR) is 86.5 cm³/mol. The molecule has 0 atom stereocenters. The highest BCUT2D eigenvalue weighted by Crippen LogP contribution is 2.16. The van der Waals surface area contributed by atoms with Crippen molar-refractivity contribution in [1.82, 2.24) is 14.5 Å². The second-order valence-corrected chi connectivity index (χ2v) is 5.03. The maximum absolute atomic E-state index is 4.70. The smallest absolute Gasteiger partial charge is 0.109 e. The molecule has 3 aromatic rings. The lowest BCUT2D eigenvalue weighted by atomic mass is 10.2. The van der Waals surface area contributed by atoms with Gasteiger partial charge >= 0.3 is 0 Å². The van der Waals surface area contributed by atoms with Crippen LogP contribution >= 0.6 is 0 Å². The number of benzene rings is 1. The van der Waals surface area contributed by atoms with Gasteiger partial charge in [0.05, 0.1) is 11.7 Å². The van der Waals surface area contributed by atoms with Gasteiger partial charge in [0.2, 0.25) is 0 Å². The second kappa shape index (κ2) is 6.39. The molecule has 0 aliphatic rings. The maximum Gasteiger partial charge on any atom is 0.109 e. The SMILES string of the molecule is CCn1c(CCCNc2ccccc2)nc2cnccc21. The Kier molecular flexibility index (Phi) is 4.15. The Labute approximate surface area is 124 Å². The van der Waals surface area contributed by atoms with Crippen LogP contribution in [0.2, 0.25) is 0 Å². The first-order valence-electron chi connectivity index (χ1n) is 7.46. The normalized spacial score (nSPS) is 10.9. The van der Waals surface area contributed by atoms with E-state index in [-0.39, 0.29) is 0 Å². The third-order valence-corrected chi connectivity index (χ3v) is 3.63. The van der Waals surface area contributed by atoms with Gasteiger partial charge in [0.1, 0.15) is 11.3 Å². The van der Waals surface area contributed by atoms with Crippen molar-refractivity contribution >= 4 is 16.7 Å². The summed E-state index contributed by atoms with van der Waals surface area (Å²) in [5, 5.41) is 3.44. The van der Waals surface area contributed by atoms with Gasteiger partial charge in [0.15, 0.2) is 0 Å². The summed E-state index contributed by atoms with van der Waals surface area (Å²) in [6.45, 7) is 4.06.